The summed E-state index contributed by atoms with van der Waals surface area (Å²) in [5.74, 6) is -0.208. The maximum atomic E-state index is 12.4. The highest BCUT2D eigenvalue weighted by atomic mass is 16.2. The Morgan fingerprint density at radius 1 is 1.33 bits per heavy atom. The van der Waals surface area contributed by atoms with Crippen molar-refractivity contribution in [2.45, 2.75) is 52.1 Å². The molecule has 2 amide bonds. The van der Waals surface area contributed by atoms with Gasteiger partial charge in [0.2, 0.25) is 11.8 Å². The van der Waals surface area contributed by atoms with Crippen LogP contribution < -0.4 is 11.1 Å². The van der Waals surface area contributed by atoms with Crippen molar-refractivity contribution < 1.29 is 9.59 Å². The SMILES string of the molecule is CNC(=O)C1CCCCN1C(=O)C(N)C(C)(C)C. The molecular formula is C13H25N3O2. The molecule has 0 aromatic carbocycles. The fraction of sp³-hybridized carbons (Fsp3) is 0.846. The van der Waals surface area contributed by atoms with Crippen molar-refractivity contribution in [2.24, 2.45) is 11.1 Å². The number of hydrogen-bond acceptors (Lipinski definition) is 3. The zero-order chi connectivity index (χ0) is 13.9. The normalized spacial score (nSPS) is 22.5. The molecule has 0 aromatic rings. The number of amides is 2. The van der Waals surface area contributed by atoms with E-state index in [1.54, 1.807) is 11.9 Å². The van der Waals surface area contributed by atoms with Gasteiger partial charge in [-0.25, -0.2) is 0 Å². The molecule has 5 heteroatoms. The first-order valence-corrected chi connectivity index (χ1v) is 6.56. The lowest BCUT2D eigenvalue weighted by Gasteiger charge is -2.38. The predicted octanol–water partition coefficient (Wildman–Crippen LogP) is 0.487. The molecule has 104 valence electrons. The average Bonchev–Trinajstić information content (AvgIpc) is 2.35. The molecule has 3 N–H and O–H groups in total. The highest BCUT2D eigenvalue weighted by molar-refractivity contribution is 5.90. The zero-order valence-electron chi connectivity index (χ0n) is 11.8. The van der Waals surface area contributed by atoms with E-state index in [1.807, 2.05) is 20.8 Å². The number of nitrogens with zero attached hydrogens (tertiary/aromatic N) is 1. The van der Waals surface area contributed by atoms with Gasteiger partial charge in [0, 0.05) is 13.6 Å². The van der Waals surface area contributed by atoms with Crippen LogP contribution in [0.1, 0.15) is 40.0 Å². The number of likely N-dealkylation sites (N-methyl/N-ethyl adjacent to an activating group) is 1. The van der Waals surface area contributed by atoms with Gasteiger partial charge in [-0.15, -0.1) is 0 Å². The smallest absolute Gasteiger partial charge is 0.242 e. The third-order valence-electron chi connectivity index (χ3n) is 3.53. The van der Waals surface area contributed by atoms with Crippen LogP contribution in [0.15, 0.2) is 0 Å². The molecule has 18 heavy (non-hydrogen) atoms. The van der Waals surface area contributed by atoms with Crippen molar-refractivity contribution >= 4 is 11.8 Å². The van der Waals surface area contributed by atoms with Gasteiger partial charge in [0.1, 0.15) is 6.04 Å². The minimum atomic E-state index is -0.567. The van der Waals surface area contributed by atoms with E-state index in [2.05, 4.69) is 5.32 Å². The van der Waals surface area contributed by atoms with Crippen LogP contribution in [0.25, 0.3) is 0 Å². The molecule has 1 heterocycles. The van der Waals surface area contributed by atoms with Gasteiger partial charge in [0.05, 0.1) is 6.04 Å². The van der Waals surface area contributed by atoms with Gasteiger partial charge in [0.25, 0.3) is 0 Å². The molecule has 1 aliphatic heterocycles. The summed E-state index contributed by atoms with van der Waals surface area (Å²) in [7, 11) is 1.60. The fourth-order valence-corrected chi connectivity index (χ4v) is 2.18. The number of carbonyl (C=O) groups excluding carboxylic acids is 2. The molecule has 0 bridgehead atoms. The largest absolute Gasteiger partial charge is 0.357 e. The van der Waals surface area contributed by atoms with Crippen LogP contribution in [0.2, 0.25) is 0 Å². The average molecular weight is 255 g/mol. The molecule has 1 fully saturated rings. The zero-order valence-corrected chi connectivity index (χ0v) is 11.8. The van der Waals surface area contributed by atoms with Crippen LogP contribution >= 0.6 is 0 Å². The lowest BCUT2D eigenvalue weighted by atomic mass is 9.85. The molecule has 0 aromatic heterocycles. The van der Waals surface area contributed by atoms with E-state index in [0.29, 0.717) is 6.54 Å². The van der Waals surface area contributed by atoms with E-state index in [9.17, 15) is 9.59 Å². The number of rotatable bonds is 2. The fourth-order valence-electron chi connectivity index (χ4n) is 2.18. The molecule has 1 aliphatic rings. The van der Waals surface area contributed by atoms with Crippen molar-refractivity contribution in [1.82, 2.24) is 10.2 Å². The number of carbonyl (C=O) groups is 2. The van der Waals surface area contributed by atoms with Gasteiger partial charge in [-0.1, -0.05) is 20.8 Å². The molecule has 2 atom stereocenters. The molecule has 0 aliphatic carbocycles. The summed E-state index contributed by atoms with van der Waals surface area (Å²) in [6.07, 6.45) is 2.64. The Morgan fingerprint density at radius 3 is 2.44 bits per heavy atom. The molecule has 0 saturated carbocycles. The first-order chi connectivity index (χ1) is 8.29. The molecule has 0 spiro atoms. The quantitative estimate of drug-likeness (QED) is 0.754. The summed E-state index contributed by atoms with van der Waals surface area (Å²) in [6, 6.07) is -0.924. The maximum absolute atomic E-state index is 12.4. The lowest BCUT2D eigenvalue weighted by Crippen LogP contribution is -2.58. The van der Waals surface area contributed by atoms with Crippen molar-refractivity contribution in [2.75, 3.05) is 13.6 Å². The summed E-state index contributed by atoms with van der Waals surface area (Å²) in [5, 5.41) is 2.62. The minimum absolute atomic E-state index is 0.0934. The van der Waals surface area contributed by atoms with Crippen molar-refractivity contribution in [1.29, 1.82) is 0 Å². The van der Waals surface area contributed by atoms with Crippen LogP contribution in [0, 0.1) is 5.41 Å². The second-order valence-corrected chi connectivity index (χ2v) is 6.00. The molecule has 1 saturated heterocycles. The predicted molar refractivity (Wildman–Crippen MR) is 70.8 cm³/mol. The van der Waals surface area contributed by atoms with Crippen molar-refractivity contribution in [3.8, 4) is 0 Å². The third kappa shape index (κ3) is 3.22. The van der Waals surface area contributed by atoms with Gasteiger partial charge in [0.15, 0.2) is 0 Å². The van der Waals surface area contributed by atoms with Crippen LogP contribution in [-0.4, -0.2) is 42.4 Å². The highest BCUT2D eigenvalue weighted by Crippen LogP contribution is 2.23. The summed E-state index contributed by atoms with van der Waals surface area (Å²) in [4.78, 5) is 25.9. The standard InChI is InChI=1S/C13H25N3O2/c1-13(2,3)10(14)12(18)16-8-6-5-7-9(16)11(17)15-4/h9-10H,5-8,14H2,1-4H3,(H,15,17). The van der Waals surface area contributed by atoms with E-state index in [0.717, 1.165) is 19.3 Å². The summed E-state index contributed by atoms with van der Waals surface area (Å²) < 4.78 is 0. The van der Waals surface area contributed by atoms with E-state index in [1.165, 1.54) is 0 Å². The minimum Gasteiger partial charge on any atom is -0.357 e. The third-order valence-corrected chi connectivity index (χ3v) is 3.53. The topological polar surface area (TPSA) is 75.4 Å². The first-order valence-electron chi connectivity index (χ1n) is 6.56. The van der Waals surface area contributed by atoms with Gasteiger partial charge < -0.3 is 16.0 Å². The summed E-state index contributed by atoms with van der Waals surface area (Å²) in [6.45, 7) is 6.44. The molecule has 1 rings (SSSR count). The second kappa shape index (κ2) is 5.69. The molecule has 5 nitrogen and oxygen atoms in total. The van der Waals surface area contributed by atoms with Crippen LogP contribution in [0.5, 0.6) is 0 Å². The van der Waals surface area contributed by atoms with Gasteiger partial charge in [-0.05, 0) is 24.7 Å². The van der Waals surface area contributed by atoms with Gasteiger partial charge in [-0.2, -0.15) is 0 Å². The summed E-state index contributed by atoms with van der Waals surface area (Å²) >= 11 is 0. The van der Waals surface area contributed by atoms with E-state index in [-0.39, 0.29) is 23.3 Å². The Labute approximate surface area is 109 Å². The van der Waals surface area contributed by atoms with Crippen molar-refractivity contribution in [3.63, 3.8) is 0 Å². The number of nitrogens with one attached hydrogen (secondary N) is 1. The Morgan fingerprint density at radius 2 is 1.94 bits per heavy atom. The number of piperidine rings is 1. The highest BCUT2D eigenvalue weighted by Gasteiger charge is 2.37. The Hall–Kier alpha value is -1.10. The maximum Gasteiger partial charge on any atom is 0.242 e. The Kier molecular flexibility index (Phi) is 4.73. The summed E-state index contributed by atoms with van der Waals surface area (Å²) in [5.41, 5.74) is 5.72. The molecule has 0 radical (unpaired) electrons. The van der Waals surface area contributed by atoms with E-state index < -0.39 is 6.04 Å². The Balaban J connectivity index is 2.84. The molecular weight excluding hydrogens is 230 g/mol. The van der Waals surface area contributed by atoms with Crippen LogP contribution in [0.3, 0.4) is 0 Å². The number of hydrogen-bond donors (Lipinski definition) is 2. The van der Waals surface area contributed by atoms with Crippen LogP contribution in [0.4, 0.5) is 0 Å². The van der Waals surface area contributed by atoms with E-state index >= 15 is 0 Å². The Bertz CT molecular complexity index is 323. The second-order valence-electron chi connectivity index (χ2n) is 6.00. The number of likely N-dealkylation sites (tertiary alicyclic amines) is 1. The van der Waals surface area contributed by atoms with Crippen LogP contribution in [-0.2, 0) is 9.59 Å². The first kappa shape index (κ1) is 15.0. The van der Waals surface area contributed by atoms with E-state index in [4.69, 9.17) is 5.73 Å². The van der Waals surface area contributed by atoms with Crippen molar-refractivity contribution in [3.05, 3.63) is 0 Å². The van der Waals surface area contributed by atoms with Gasteiger partial charge in [-0.3, -0.25) is 9.59 Å². The lowest BCUT2D eigenvalue weighted by molar-refractivity contribution is -0.144. The monoisotopic (exact) mass is 255 g/mol. The molecule has 2 unspecified atom stereocenters. The van der Waals surface area contributed by atoms with Gasteiger partial charge >= 0.3 is 0 Å². The number of nitrogens with two attached hydrogens (primary N) is 1.